The van der Waals surface area contributed by atoms with Crippen LogP contribution in [0.15, 0.2) is 77.6 Å². The van der Waals surface area contributed by atoms with Crippen molar-refractivity contribution in [2.45, 2.75) is 45.6 Å². The number of hydrogen-bond acceptors (Lipinski definition) is 1. The van der Waals surface area contributed by atoms with Gasteiger partial charge in [-0.1, -0.05) is 81.4 Å². The third-order valence-corrected chi connectivity index (χ3v) is 5.55. The molecule has 0 aliphatic heterocycles. The predicted octanol–water partition coefficient (Wildman–Crippen LogP) is 5.93. The second-order valence-corrected chi connectivity index (χ2v) is 8.73. The number of benzene rings is 3. The monoisotopic (exact) mass is 384 g/mol. The number of imidazole rings is 1. The summed E-state index contributed by atoms with van der Waals surface area (Å²) < 4.78 is 1.85. The lowest BCUT2D eigenvalue weighted by atomic mass is 9.86. The highest BCUT2D eigenvalue weighted by Gasteiger charge is 2.13. The van der Waals surface area contributed by atoms with E-state index in [-0.39, 0.29) is 11.1 Å². The first-order valence-electron chi connectivity index (χ1n) is 10.3. The molecule has 4 aromatic rings. The van der Waals surface area contributed by atoms with Gasteiger partial charge in [0, 0.05) is 6.54 Å². The molecule has 0 unspecified atom stereocenters. The highest BCUT2D eigenvalue weighted by molar-refractivity contribution is 5.82. The molecule has 3 nitrogen and oxygen atoms in total. The molecule has 0 saturated carbocycles. The fourth-order valence-electron chi connectivity index (χ4n) is 3.81. The molecule has 1 N–H and O–H groups in total. The van der Waals surface area contributed by atoms with Crippen molar-refractivity contribution in [2.24, 2.45) is 0 Å². The van der Waals surface area contributed by atoms with E-state index >= 15 is 0 Å². The largest absolute Gasteiger partial charge is 0.326 e. The van der Waals surface area contributed by atoms with E-state index in [1.54, 1.807) is 0 Å². The third kappa shape index (κ3) is 4.19. The van der Waals surface area contributed by atoms with Crippen LogP contribution in [-0.4, -0.2) is 9.55 Å². The van der Waals surface area contributed by atoms with Gasteiger partial charge in [-0.2, -0.15) is 0 Å². The number of aromatic amines is 1. The molecule has 0 aliphatic rings. The Balaban J connectivity index is 1.55. The minimum Gasteiger partial charge on any atom is -0.306 e. The Kier molecular flexibility index (Phi) is 5.14. The molecule has 4 rings (SSSR count). The van der Waals surface area contributed by atoms with Gasteiger partial charge in [-0.05, 0) is 52.6 Å². The van der Waals surface area contributed by atoms with E-state index in [9.17, 15) is 4.79 Å². The Hall–Kier alpha value is -3.07. The molecule has 0 saturated heterocycles. The van der Waals surface area contributed by atoms with Crippen LogP contribution in [0.5, 0.6) is 0 Å². The summed E-state index contributed by atoms with van der Waals surface area (Å²) in [5.74, 6) is 0. The molecule has 3 aromatic carbocycles. The zero-order valence-corrected chi connectivity index (χ0v) is 17.4. The van der Waals surface area contributed by atoms with Crippen molar-refractivity contribution < 1.29 is 0 Å². The predicted molar refractivity (Wildman–Crippen MR) is 121 cm³/mol. The van der Waals surface area contributed by atoms with Crippen molar-refractivity contribution in [1.29, 1.82) is 0 Å². The van der Waals surface area contributed by atoms with Crippen LogP contribution in [0.25, 0.3) is 22.2 Å². The Morgan fingerprint density at radius 1 is 0.862 bits per heavy atom. The number of H-pyrrole nitrogens is 1. The van der Waals surface area contributed by atoms with E-state index in [0.717, 1.165) is 35.0 Å². The van der Waals surface area contributed by atoms with Crippen LogP contribution in [0, 0.1) is 0 Å². The van der Waals surface area contributed by atoms with E-state index in [2.05, 4.69) is 92.5 Å². The first-order chi connectivity index (χ1) is 13.9. The van der Waals surface area contributed by atoms with Crippen LogP contribution < -0.4 is 5.69 Å². The van der Waals surface area contributed by atoms with Crippen LogP contribution in [0.4, 0.5) is 0 Å². The highest BCUT2D eigenvalue weighted by atomic mass is 16.1. The first kappa shape index (κ1) is 19.3. The Bertz CT molecular complexity index is 1160. The van der Waals surface area contributed by atoms with Crippen LogP contribution in [0.3, 0.4) is 0 Å². The summed E-state index contributed by atoms with van der Waals surface area (Å²) in [5.41, 5.74) is 6.89. The molecule has 0 bridgehead atoms. The van der Waals surface area contributed by atoms with Gasteiger partial charge < -0.3 is 4.98 Å². The van der Waals surface area contributed by atoms with Crippen LogP contribution in [0.2, 0.25) is 0 Å². The lowest BCUT2D eigenvalue weighted by molar-refractivity contribution is 0.590. The Morgan fingerprint density at radius 2 is 1.55 bits per heavy atom. The van der Waals surface area contributed by atoms with Gasteiger partial charge >= 0.3 is 5.69 Å². The molecule has 1 aromatic heterocycles. The maximum Gasteiger partial charge on any atom is 0.326 e. The zero-order valence-electron chi connectivity index (χ0n) is 17.4. The van der Waals surface area contributed by atoms with E-state index in [0.29, 0.717) is 6.54 Å². The molecule has 0 spiro atoms. The normalized spacial score (nSPS) is 11.8. The Morgan fingerprint density at radius 3 is 2.24 bits per heavy atom. The molecule has 148 valence electrons. The smallest absolute Gasteiger partial charge is 0.306 e. The van der Waals surface area contributed by atoms with Gasteiger partial charge in [0.05, 0.1) is 11.0 Å². The topological polar surface area (TPSA) is 37.8 Å². The van der Waals surface area contributed by atoms with E-state index in [4.69, 9.17) is 0 Å². The third-order valence-electron chi connectivity index (χ3n) is 5.55. The number of aryl methyl sites for hydroxylation is 2. The molecule has 0 amide bonds. The van der Waals surface area contributed by atoms with Gasteiger partial charge in [0.15, 0.2) is 0 Å². The second kappa shape index (κ2) is 7.75. The number of fused-ring (bicyclic) bond motifs is 1. The summed E-state index contributed by atoms with van der Waals surface area (Å²) in [5, 5.41) is 0. The van der Waals surface area contributed by atoms with Gasteiger partial charge in [-0.3, -0.25) is 4.57 Å². The van der Waals surface area contributed by atoms with Crippen LogP contribution in [0.1, 0.15) is 38.3 Å². The number of aromatic nitrogens is 2. The Labute approximate surface area is 172 Å². The van der Waals surface area contributed by atoms with E-state index in [1.807, 2.05) is 10.6 Å². The van der Waals surface area contributed by atoms with Gasteiger partial charge in [0.2, 0.25) is 0 Å². The fourth-order valence-corrected chi connectivity index (χ4v) is 3.81. The minimum absolute atomic E-state index is 0.0340. The van der Waals surface area contributed by atoms with Crippen molar-refractivity contribution in [2.75, 3.05) is 0 Å². The van der Waals surface area contributed by atoms with Crippen molar-refractivity contribution in [1.82, 2.24) is 9.55 Å². The average molecular weight is 385 g/mol. The van der Waals surface area contributed by atoms with Crippen molar-refractivity contribution >= 4 is 11.0 Å². The van der Waals surface area contributed by atoms with Crippen LogP contribution in [-0.2, 0) is 18.4 Å². The lowest BCUT2D eigenvalue weighted by Gasteiger charge is -2.19. The molecule has 29 heavy (non-hydrogen) atoms. The van der Waals surface area contributed by atoms with Crippen LogP contribution >= 0.6 is 0 Å². The SMILES string of the molecule is CC(C)(C)c1ccc(-c2ccc3c(c2)[nH]c(=O)n3CCCc2ccccc2)cc1. The molecular weight excluding hydrogens is 356 g/mol. The average Bonchev–Trinajstić information content (AvgIpc) is 3.03. The van der Waals surface area contributed by atoms with Crippen molar-refractivity contribution in [3.63, 3.8) is 0 Å². The maximum absolute atomic E-state index is 12.5. The van der Waals surface area contributed by atoms with Crippen molar-refractivity contribution in [3.05, 3.63) is 94.4 Å². The molecule has 3 heteroatoms. The number of rotatable bonds is 5. The summed E-state index contributed by atoms with van der Waals surface area (Å²) >= 11 is 0. The lowest BCUT2D eigenvalue weighted by Crippen LogP contribution is -2.17. The fraction of sp³-hybridized carbons (Fsp3) is 0.269. The van der Waals surface area contributed by atoms with E-state index in [1.165, 1.54) is 11.1 Å². The minimum atomic E-state index is -0.0340. The zero-order chi connectivity index (χ0) is 20.4. The second-order valence-electron chi connectivity index (χ2n) is 8.73. The number of hydrogen-bond donors (Lipinski definition) is 1. The molecule has 0 aliphatic carbocycles. The van der Waals surface area contributed by atoms with Gasteiger partial charge in [0.1, 0.15) is 0 Å². The molecule has 0 radical (unpaired) electrons. The summed E-state index contributed by atoms with van der Waals surface area (Å²) in [4.78, 5) is 15.5. The number of nitrogens with one attached hydrogen (secondary N) is 1. The van der Waals surface area contributed by atoms with E-state index < -0.39 is 0 Å². The summed E-state index contributed by atoms with van der Waals surface area (Å²) in [6.45, 7) is 7.38. The van der Waals surface area contributed by atoms with Gasteiger partial charge in [0.25, 0.3) is 0 Å². The molecule has 0 atom stereocenters. The summed E-state index contributed by atoms with van der Waals surface area (Å²) in [6, 6.07) is 25.4. The molecule has 1 heterocycles. The molecule has 0 fully saturated rings. The summed E-state index contributed by atoms with van der Waals surface area (Å²) in [6.07, 6.45) is 1.91. The molecular formula is C26H28N2O. The highest BCUT2D eigenvalue weighted by Crippen LogP contribution is 2.27. The van der Waals surface area contributed by atoms with Gasteiger partial charge in [-0.25, -0.2) is 4.79 Å². The van der Waals surface area contributed by atoms with Gasteiger partial charge in [-0.15, -0.1) is 0 Å². The summed E-state index contributed by atoms with van der Waals surface area (Å²) in [7, 11) is 0. The standard InChI is InChI=1S/C26H28N2O/c1-26(2,3)22-14-11-20(12-15-22)21-13-16-24-23(18-21)27-25(29)28(24)17-7-10-19-8-5-4-6-9-19/h4-6,8-9,11-16,18H,7,10,17H2,1-3H3,(H,27,29). The maximum atomic E-state index is 12.5. The number of nitrogens with zero attached hydrogens (tertiary/aromatic N) is 1. The quantitative estimate of drug-likeness (QED) is 0.455. The van der Waals surface area contributed by atoms with Crippen molar-refractivity contribution in [3.8, 4) is 11.1 Å². The first-order valence-corrected chi connectivity index (χ1v) is 10.3.